The van der Waals surface area contributed by atoms with E-state index in [1.165, 1.54) is 11.8 Å². The summed E-state index contributed by atoms with van der Waals surface area (Å²) in [7, 11) is 0. The first-order chi connectivity index (χ1) is 10.3. The number of amides is 1. The first-order valence-electron chi connectivity index (χ1n) is 6.82. The van der Waals surface area contributed by atoms with Crippen molar-refractivity contribution in [3.8, 4) is 0 Å². The molecule has 0 spiro atoms. The summed E-state index contributed by atoms with van der Waals surface area (Å²) in [5, 5.41) is 8.86. The van der Waals surface area contributed by atoms with Crippen LogP contribution in [0.5, 0.6) is 0 Å². The lowest BCUT2D eigenvalue weighted by Gasteiger charge is -1.99. The molecule has 2 aromatic heterocycles. The van der Waals surface area contributed by atoms with E-state index in [4.69, 9.17) is 0 Å². The van der Waals surface area contributed by atoms with Crippen molar-refractivity contribution in [3.63, 3.8) is 0 Å². The van der Waals surface area contributed by atoms with Crippen LogP contribution in [-0.4, -0.2) is 37.3 Å². The monoisotopic (exact) mass is 299 g/mol. The summed E-state index contributed by atoms with van der Waals surface area (Å²) >= 11 is 1.35. The molecule has 1 saturated carbocycles. The SMILES string of the molecule is O=C(CSc1nc2c3ccccc3ncn2n1)NC1CC1. The number of nitrogens with zero attached hydrogens (tertiary/aromatic N) is 4. The zero-order valence-corrected chi connectivity index (χ0v) is 12.0. The number of nitrogens with one attached hydrogen (secondary N) is 1. The molecule has 1 aromatic carbocycles. The van der Waals surface area contributed by atoms with Crippen LogP contribution in [0.2, 0.25) is 0 Å². The standard InChI is InChI=1S/C14H13N5OS/c20-12(16-9-5-6-9)7-21-14-17-13-10-3-1-2-4-11(10)15-8-19(13)18-14/h1-4,8-9H,5-7H2,(H,16,20). The Morgan fingerprint density at radius 1 is 1.38 bits per heavy atom. The zero-order valence-electron chi connectivity index (χ0n) is 11.2. The highest BCUT2D eigenvalue weighted by atomic mass is 32.2. The van der Waals surface area contributed by atoms with Crippen LogP contribution in [0.1, 0.15) is 12.8 Å². The summed E-state index contributed by atoms with van der Waals surface area (Å²) in [5.74, 6) is 0.392. The van der Waals surface area contributed by atoms with Gasteiger partial charge in [0, 0.05) is 11.4 Å². The van der Waals surface area contributed by atoms with Gasteiger partial charge in [-0.3, -0.25) is 4.79 Å². The number of carbonyl (C=O) groups is 1. The quantitative estimate of drug-likeness (QED) is 0.742. The zero-order chi connectivity index (χ0) is 14.2. The number of thioether (sulfide) groups is 1. The third-order valence-electron chi connectivity index (χ3n) is 3.34. The predicted octanol–water partition coefficient (Wildman–Crippen LogP) is 1.65. The Balaban J connectivity index is 1.58. The van der Waals surface area contributed by atoms with E-state index >= 15 is 0 Å². The summed E-state index contributed by atoms with van der Waals surface area (Å²) in [6.07, 6.45) is 3.85. The maximum Gasteiger partial charge on any atom is 0.230 e. The van der Waals surface area contributed by atoms with Crippen molar-refractivity contribution in [2.24, 2.45) is 0 Å². The topological polar surface area (TPSA) is 72.2 Å². The molecule has 0 atom stereocenters. The number of carbonyl (C=O) groups excluding carboxylic acids is 1. The van der Waals surface area contributed by atoms with Gasteiger partial charge < -0.3 is 5.32 Å². The summed E-state index contributed by atoms with van der Waals surface area (Å²) in [4.78, 5) is 20.5. The molecular formula is C14H13N5OS. The fraction of sp³-hybridized carbons (Fsp3) is 0.286. The molecule has 3 aromatic rings. The van der Waals surface area contributed by atoms with Gasteiger partial charge in [-0.25, -0.2) is 14.5 Å². The minimum absolute atomic E-state index is 0.0457. The predicted molar refractivity (Wildman–Crippen MR) is 80.2 cm³/mol. The number of benzene rings is 1. The van der Waals surface area contributed by atoms with Gasteiger partial charge in [0.05, 0.1) is 11.3 Å². The second-order valence-corrected chi connectivity index (χ2v) is 6.00. The molecule has 1 aliphatic rings. The average Bonchev–Trinajstić information content (AvgIpc) is 3.20. The second-order valence-electron chi connectivity index (χ2n) is 5.05. The number of rotatable bonds is 4. The Morgan fingerprint density at radius 3 is 3.10 bits per heavy atom. The number of fused-ring (bicyclic) bond motifs is 3. The van der Waals surface area contributed by atoms with Crippen molar-refractivity contribution in [1.29, 1.82) is 0 Å². The number of aromatic nitrogens is 4. The molecule has 4 rings (SSSR count). The highest BCUT2D eigenvalue weighted by Gasteiger charge is 2.23. The summed E-state index contributed by atoms with van der Waals surface area (Å²) < 4.78 is 1.66. The molecule has 1 fully saturated rings. The van der Waals surface area contributed by atoms with Crippen LogP contribution < -0.4 is 5.32 Å². The van der Waals surface area contributed by atoms with E-state index in [0.717, 1.165) is 29.4 Å². The van der Waals surface area contributed by atoms with E-state index in [-0.39, 0.29) is 5.91 Å². The molecule has 106 valence electrons. The van der Waals surface area contributed by atoms with E-state index < -0.39 is 0 Å². The molecule has 0 bridgehead atoms. The van der Waals surface area contributed by atoms with Crippen molar-refractivity contribution >= 4 is 34.2 Å². The molecule has 0 radical (unpaired) electrons. The maximum atomic E-state index is 11.7. The van der Waals surface area contributed by atoms with Crippen LogP contribution in [0.4, 0.5) is 0 Å². The van der Waals surface area contributed by atoms with E-state index in [1.54, 1.807) is 10.8 Å². The fourth-order valence-electron chi connectivity index (χ4n) is 2.15. The average molecular weight is 299 g/mol. The van der Waals surface area contributed by atoms with Crippen molar-refractivity contribution in [3.05, 3.63) is 30.6 Å². The Bertz CT molecular complexity index is 826. The van der Waals surface area contributed by atoms with Crippen LogP contribution >= 0.6 is 11.8 Å². The Hall–Kier alpha value is -2.15. The molecule has 1 amide bonds. The van der Waals surface area contributed by atoms with Crippen LogP contribution in [0, 0.1) is 0 Å². The van der Waals surface area contributed by atoms with Gasteiger partial charge in [0.15, 0.2) is 5.65 Å². The van der Waals surface area contributed by atoms with Crippen molar-refractivity contribution in [2.75, 3.05) is 5.75 Å². The van der Waals surface area contributed by atoms with Gasteiger partial charge >= 0.3 is 0 Å². The van der Waals surface area contributed by atoms with Crippen LogP contribution in [0.3, 0.4) is 0 Å². The molecule has 6 nitrogen and oxygen atoms in total. The molecule has 1 N–H and O–H groups in total. The van der Waals surface area contributed by atoms with Gasteiger partial charge in [-0.05, 0) is 25.0 Å². The number of hydrogen-bond acceptors (Lipinski definition) is 5. The lowest BCUT2D eigenvalue weighted by molar-refractivity contribution is -0.118. The van der Waals surface area contributed by atoms with Crippen molar-refractivity contribution in [2.45, 2.75) is 24.0 Å². The molecule has 2 heterocycles. The second kappa shape index (κ2) is 5.00. The van der Waals surface area contributed by atoms with Gasteiger partial charge in [-0.2, -0.15) is 0 Å². The fourth-order valence-corrected chi connectivity index (χ4v) is 2.79. The molecule has 0 unspecified atom stereocenters. The maximum absolute atomic E-state index is 11.7. The normalized spacial score (nSPS) is 14.7. The third-order valence-corrected chi connectivity index (χ3v) is 4.18. The van der Waals surface area contributed by atoms with Gasteiger partial charge in [0.2, 0.25) is 11.1 Å². The molecule has 7 heteroatoms. The van der Waals surface area contributed by atoms with Crippen LogP contribution in [0.15, 0.2) is 35.7 Å². The first kappa shape index (κ1) is 12.6. The Kier molecular flexibility index (Phi) is 2.99. The Morgan fingerprint density at radius 2 is 2.24 bits per heavy atom. The van der Waals surface area contributed by atoms with Gasteiger partial charge in [-0.15, -0.1) is 5.10 Å². The highest BCUT2D eigenvalue weighted by Crippen LogP contribution is 2.21. The lowest BCUT2D eigenvalue weighted by atomic mass is 10.2. The summed E-state index contributed by atoms with van der Waals surface area (Å²) in [5.41, 5.74) is 1.66. The van der Waals surface area contributed by atoms with Gasteiger partial charge in [-0.1, -0.05) is 23.9 Å². The Labute approximate surface area is 125 Å². The third kappa shape index (κ3) is 2.56. The molecule has 21 heavy (non-hydrogen) atoms. The van der Waals surface area contributed by atoms with E-state index in [1.807, 2.05) is 24.3 Å². The number of para-hydroxylation sites is 1. The highest BCUT2D eigenvalue weighted by molar-refractivity contribution is 7.99. The number of hydrogen-bond donors (Lipinski definition) is 1. The molecule has 0 aliphatic heterocycles. The van der Waals surface area contributed by atoms with Crippen LogP contribution in [-0.2, 0) is 4.79 Å². The smallest absolute Gasteiger partial charge is 0.230 e. The van der Waals surface area contributed by atoms with E-state index in [0.29, 0.717) is 17.0 Å². The largest absolute Gasteiger partial charge is 0.353 e. The molecule has 0 saturated heterocycles. The van der Waals surface area contributed by atoms with Gasteiger partial charge in [0.1, 0.15) is 6.33 Å². The van der Waals surface area contributed by atoms with Crippen molar-refractivity contribution < 1.29 is 4.79 Å². The summed E-state index contributed by atoms with van der Waals surface area (Å²) in [6.45, 7) is 0. The minimum atomic E-state index is 0.0457. The van der Waals surface area contributed by atoms with E-state index in [2.05, 4.69) is 20.4 Å². The minimum Gasteiger partial charge on any atom is -0.353 e. The first-order valence-corrected chi connectivity index (χ1v) is 7.80. The van der Waals surface area contributed by atoms with E-state index in [9.17, 15) is 4.79 Å². The molecule has 1 aliphatic carbocycles. The lowest BCUT2D eigenvalue weighted by Crippen LogP contribution is -2.27. The van der Waals surface area contributed by atoms with Gasteiger partial charge in [0.25, 0.3) is 0 Å². The van der Waals surface area contributed by atoms with Crippen molar-refractivity contribution in [1.82, 2.24) is 24.9 Å². The molecular weight excluding hydrogens is 286 g/mol. The summed E-state index contributed by atoms with van der Waals surface area (Å²) in [6, 6.07) is 8.20. The van der Waals surface area contributed by atoms with Crippen LogP contribution in [0.25, 0.3) is 16.6 Å².